The molecule has 0 spiro atoms. The maximum atomic E-state index is 12.9. The highest BCUT2D eigenvalue weighted by molar-refractivity contribution is 6.03. The minimum Gasteiger partial charge on any atom is -0.494 e. The molecule has 0 amide bonds. The highest BCUT2D eigenvalue weighted by Gasteiger charge is 2.39. The molecule has 1 atom stereocenters. The van der Waals surface area contributed by atoms with Gasteiger partial charge in [0.2, 0.25) is 0 Å². The van der Waals surface area contributed by atoms with E-state index in [1.54, 1.807) is 0 Å². The van der Waals surface area contributed by atoms with Gasteiger partial charge in [0, 0.05) is 29.3 Å². The molecule has 1 heterocycles. The van der Waals surface area contributed by atoms with E-state index in [0.29, 0.717) is 24.2 Å². The van der Waals surface area contributed by atoms with Crippen LogP contribution in [0.5, 0.6) is 5.75 Å². The number of hydrogen-bond donors (Lipinski definition) is 1. The van der Waals surface area contributed by atoms with E-state index in [1.807, 2.05) is 52.0 Å². The van der Waals surface area contributed by atoms with E-state index in [9.17, 15) is 9.59 Å². The lowest BCUT2D eigenvalue weighted by atomic mass is 9.75. The van der Waals surface area contributed by atoms with Crippen LogP contribution in [0.3, 0.4) is 0 Å². The Bertz CT molecular complexity index is 802. The van der Waals surface area contributed by atoms with Crippen LogP contribution in [-0.2, 0) is 14.3 Å². The van der Waals surface area contributed by atoms with Crippen LogP contribution >= 0.6 is 0 Å². The van der Waals surface area contributed by atoms with Crippen LogP contribution in [0.4, 0.5) is 0 Å². The highest BCUT2D eigenvalue weighted by atomic mass is 16.5. The molecule has 0 unspecified atom stereocenters. The lowest BCUT2D eigenvalue weighted by Crippen LogP contribution is -2.34. The Morgan fingerprint density at radius 1 is 1.22 bits per heavy atom. The molecule has 1 aromatic rings. The van der Waals surface area contributed by atoms with Crippen molar-refractivity contribution in [2.75, 3.05) is 6.61 Å². The van der Waals surface area contributed by atoms with Crippen LogP contribution in [0.25, 0.3) is 0 Å². The van der Waals surface area contributed by atoms with Crippen molar-refractivity contribution in [3.05, 3.63) is 52.4 Å². The number of benzene rings is 1. The van der Waals surface area contributed by atoms with Crippen molar-refractivity contribution in [1.82, 2.24) is 5.32 Å². The van der Waals surface area contributed by atoms with Crippen molar-refractivity contribution in [3.63, 3.8) is 0 Å². The van der Waals surface area contributed by atoms with Gasteiger partial charge in [-0.25, -0.2) is 4.79 Å². The van der Waals surface area contributed by atoms with Crippen molar-refractivity contribution in [2.45, 2.75) is 59.0 Å². The van der Waals surface area contributed by atoms with Crippen LogP contribution in [-0.4, -0.2) is 24.5 Å². The predicted molar refractivity (Wildman–Crippen MR) is 103 cm³/mol. The van der Waals surface area contributed by atoms with Gasteiger partial charge in [-0.05, 0) is 58.2 Å². The van der Waals surface area contributed by atoms with Crippen LogP contribution < -0.4 is 10.1 Å². The van der Waals surface area contributed by atoms with Crippen molar-refractivity contribution < 1.29 is 19.1 Å². The van der Waals surface area contributed by atoms with Gasteiger partial charge in [-0.3, -0.25) is 4.79 Å². The van der Waals surface area contributed by atoms with Gasteiger partial charge in [-0.2, -0.15) is 0 Å². The van der Waals surface area contributed by atoms with E-state index in [2.05, 4.69) is 5.32 Å². The van der Waals surface area contributed by atoms with Gasteiger partial charge in [-0.1, -0.05) is 12.1 Å². The van der Waals surface area contributed by atoms with Crippen LogP contribution in [0.15, 0.2) is 46.8 Å². The van der Waals surface area contributed by atoms with E-state index in [1.165, 1.54) is 0 Å². The molecule has 0 bridgehead atoms. The number of Topliss-reactive ketones (excluding diaryl/α,β-unsaturated/α-hetero) is 1. The highest BCUT2D eigenvalue weighted by Crippen LogP contribution is 2.42. The Kier molecular flexibility index (Phi) is 5.68. The quantitative estimate of drug-likeness (QED) is 0.795. The Morgan fingerprint density at radius 2 is 1.93 bits per heavy atom. The molecule has 1 aliphatic heterocycles. The second kappa shape index (κ2) is 7.99. The minimum absolute atomic E-state index is 0.102. The zero-order valence-electron chi connectivity index (χ0n) is 16.4. The van der Waals surface area contributed by atoms with Crippen molar-refractivity contribution in [3.8, 4) is 5.75 Å². The summed E-state index contributed by atoms with van der Waals surface area (Å²) in [6, 6.07) is 7.64. The van der Waals surface area contributed by atoms with Gasteiger partial charge in [0.15, 0.2) is 5.78 Å². The molecular formula is C22H27NO4. The van der Waals surface area contributed by atoms with Gasteiger partial charge in [0.25, 0.3) is 0 Å². The monoisotopic (exact) mass is 369 g/mol. The molecule has 27 heavy (non-hydrogen) atoms. The summed E-state index contributed by atoms with van der Waals surface area (Å²) in [5, 5.41) is 3.30. The fourth-order valence-electron chi connectivity index (χ4n) is 3.79. The third kappa shape index (κ3) is 3.92. The average molecular weight is 369 g/mol. The number of hydrogen-bond acceptors (Lipinski definition) is 5. The standard InChI is InChI=1S/C22H27NO4/c1-5-26-16-11-9-15(10-12-16)20-19(22(25)27-13(2)3)14(4)23-17-7-6-8-18(24)21(17)20/h9-13,20,23H,5-8H2,1-4H3/t20-/m0/s1. The molecule has 5 nitrogen and oxygen atoms in total. The first-order valence-corrected chi connectivity index (χ1v) is 9.60. The molecule has 0 saturated heterocycles. The Labute approximate surface area is 160 Å². The largest absolute Gasteiger partial charge is 0.494 e. The first-order valence-electron chi connectivity index (χ1n) is 9.60. The van der Waals surface area contributed by atoms with Gasteiger partial charge in [0.1, 0.15) is 5.75 Å². The van der Waals surface area contributed by atoms with Crippen molar-refractivity contribution in [2.24, 2.45) is 0 Å². The fraction of sp³-hybridized carbons (Fsp3) is 0.455. The molecular weight excluding hydrogens is 342 g/mol. The second-order valence-electron chi connectivity index (χ2n) is 7.22. The van der Waals surface area contributed by atoms with E-state index in [4.69, 9.17) is 9.47 Å². The smallest absolute Gasteiger partial charge is 0.337 e. The summed E-state index contributed by atoms with van der Waals surface area (Å²) in [4.78, 5) is 25.7. The third-order valence-corrected chi connectivity index (χ3v) is 4.86. The maximum absolute atomic E-state index is 12.9. The molecule has 1 N–H and O–H groups in total. The number of rotatable bonds is 5. The fourth-order valence-corrected chi connectivity index (χ4v) is 3.79. The summed E-state index contributed by atoms with van der Waals surface area (Å²) in [5.41, 5.74) is 3.81. The summed E-state index contributed by atoms with van der Waals surface area (Å²) < 4.78 is 11.0. The first kappa shape index (κ1) is 19.2. The van der Waals surface area contributed by atoms with Gasteiger partial charge in [0.05, 0.1) is 18.3 Å². The van der Waals surface area contributed by atoms with E-state index in [0.717, 1.165) is 35.5 Å². The van der Waals surface area contributed by atoms with Gasteiger partial charge >= 0.3 is 5.97 Å². The molecule has 0 fully saturated rings. The lowest BCUT2D eigenvalue weighted by Gasteiger charge is -2.34. The molecule has 3 rings (SSSR count). The normalized spacial score (nSPS) is 19.7. The number of dihydropyridines is 1. The Hall–Kier alpha value is -2.56. The van der Waals surface area contributed by atoms with Crippen molar-refractivity contribution >= 4 is 11.8 Å². The minimum atomic E-state index is -0.407. The summed E-state index contributed by atoms with van der Waals surface area (Å²) in [6.07, 6.45) is 1.94. The van der Waals surface area contributed by atoms with Gasteiger partial charge in [-0.15, -0.1) is 0 Å². The Balaban J connectivity index is 2.08. The van der Waals surface area contributed by atoms with E-state index in [-0.39, 0.29) is 17.9 Å². The number of carbonyl (C=O) groups is 2. The molecule has 0 radical (unpaired) electrons. The SMILES string of the molecule is CCOc1ccc([C@H]2C(C(=O)OC(C)C)=C(C)NC3=C2C(=O)CCC3)cc1. The molecule has 1 aliphatic carbocycles. The summed E-state index contributed by atoms with van der Waals surface area (Å²) in [6.45, 7) is 8.05. The Morgan fingerprint density at radius 3 is 2.56 bits per heavy atom. The number of ketones is 1. The van der Waals surface area contributed by atoms with E-state index >= 15 is 0 Å². The first-order chi connectivity index (χ1) is 12.9. The molecule has 0 aromatic heterocycles. The lowest BCUT2D eigenvalue weighted by molar-refractivity contribution is -0.143. The van der Waals surface area contributed by atoms with Crippen LogP contribution in [0.2, 0.25) is 0 Å². The predicted octanol–water partition coefficient (Wildman–Crippen LogP) is 4.00. The summed E-state index contributed by atoms with van der Waals surface area (Å²) in [7, 11) is 0. The number of allylic oxidation sites excluding steroid dienone is 3. The number of esters is 1. The second-order valence-corrected chi connectivity index (χ2v) is 7.22. The topological polar surface area (TPSA) is 64.6 Å². The van der Waals surface area contributed by atoms with Crippen LogP contribution in [0, 0.1) is 0 Å². The molecule has 5 heteroatoms. The summed E-state index contributed by atoms with van der Waals surface area (Å²) in [5.74, 6) is 0.0890. The number of nitrogens with one attached hydrogen (secondary N) is 1. The van der Waals surface area contributed by atoms with Crippen molar-refractivity contribution in [1.29, 1.82) is 0 Å². The molecule has 144 valence electrons. The van der Waals surface area contributed by atoms with E-state index < -0.39 is 5.92 Å². The molecule has 1 aromatic carbocycles. The van der Waals surface area contributed by atoms with Crippen LogP contribution in [0.1, 0.15) is 58.4 Å². The zero-order chi connectivity index (χ0) is 19.6. The average Bonchev–Trinajstić information content (AvgIpc) is 2.61. The number of carbonyl (C=O) groups excluding carboxylic acids is 2. The maximum Gasteiger partial charge on any atom is 0.337 e. The number of ether oxygens (including phenoxy) is 2. The zero-order valence-corrected chi connectivity index (χ0v) is 16.4. The van der Waals surface area contributed by atoms with Gasteiger partial charge < -0.3 is 14.8 Å². The molecule has 0 saturated carbocycles. The third-order valence-electron chi connectivity index (χ3n) is 4.86. The molecule has 2 aliphatic rings. The summed E-state index contributed by atoms with van der Waals surface area (Å²) >= 11 is 0.